The average molecular weight is 381 g/mol. The smallest absolute Gasteiger partial charge is 0.241 e. The highest BCUT2D eigenvalue weighted by molar-refractivity contribution is 7.92. The van der Waals surface area contributed by atoms with E-state index in [9.17, 15) is 13.2 Å². The molecule has 1 amide bonds. The molecule has 5 nitrogen and oxygen atoms in total. The maximum atomic E-state index is 12.5. The van der Waals surface area contributed by atoms with Crippen LogP contribution in [-0.2, 0) is 21.1 Å². The van der Waals surface area contributed by atoms with Crippen molar-refractivity contribution in [2.75, 3.05) is 25.9 Å². The minimum Gasteiger partial charge on any atom is -0.354 e. The van der Waals surface area contributed by atoms with Gasteiger partial charge in [0.1, 0.15) is 0 Å². The fraction of sp³-hybridized carbons (Fsp3) is 0.533. The summed E-state index contributed by atoms with van der Waals surface area (Å²) in [5, 5.41) is 6.52. The Bertz CT molecular complexity index is 644. The van der Waals surface area contributed by atoms with Crippen LogP contribution < -0.4 is 10.6 Å². The zero-order valence-electron chi connectivity index (χ0n) is 13.0. The number of carbonyl (C=O) groups excluding carboxylic acids is 1. The van der Waals surface area contributed by atoms with E-state index < -0.39 is 20.5 Å². The first kappa shape index (κ1) is 20.2. The topological polar surface area (TPSA) is 75.3 Å². The zero-order valence-corrected chi connectivity index (χ0v) is 15.4. The second kappa shape index (κ2) is 8.33. The highest BCUT2D eigenvalue weighted by atomic mass is 35.5. The lowest BCUT2D eigenvalue weighted by Gasteiger charge is -2.34. The molecule has 1 aliphatic heterocycles. The first-order chi connectivity index (χ1) is 10.3. The van der Waals surface area contributed by atoms with Gasteiger partial charge >= 0.3 is 0 Å². The predicted octanol–water partition coefficient (Wildman–Crippen LogP) is 1.59. The van der Waals surface area contributed by atoms with Crippen LogP contribution in [0.15, 0.2) is 24.3 Å². The monoisotopic (exact) mass is 380 g/mol. The zero-order chi connectivity index (χ0) is 16.2. The maximum absolute atomic E-state index is 12.5. The molecular formula is C15H22Cl2N2O3S. The van der Waals surface area contributed by atoms with Gasteiger partial charge in [0.25, 0.3) is 0 Å². The molecule has 0 atom stereocenters. The van der Waals surface area contributed by atoms with Crippen LogP contribution in [0.1, 0.15) is 18.4 Å². The Labute approximate surface area is 148 Å². The van der Waals surface area contributed by atoms with E-state index in [1.165, 1.54) is 0 Å². The fourth-order valence-corrected chi connectivity index (χ4v) is 4.34. The van der Waals surface area contributed by atoms with Crippen LogP contribution in [0.2, 0.25) is 5.02 Å². The number of hydrogen-bond donors (Lipinski definition) is 2. The van der Waals surface area contributed by atoms with Gasteiger partial charge < -0.3 is 10.6 Å². The summed E-state index contributed by atoms with van der Waals surface area (Å²) in [5.41, 5.74) is 1.01. The normalized spacial score (nSPS) is 17.1. The molecule has 8 heteroatoms. The second-order valence-electron chi connectivity index (χ2n) is 5.65. The number of sulfone groups is 1. The summed E-state index contributed by atoms with van der Waals surface area (Å²) in [5.74, 6) is -0.390. The van der Waals surface area contributed by atoms with E-state index in [4.69, 9.17) is 11.6 Å². The van der Waals surface area contributed by atoms with Crippen LogP contribution in [0, 0.1) is 0 Å². The van der Waals surface area contributed by atoms with Crippen molar-refractivity contribution in [3.63, 3.8) is 0 Å². The molecule has 130 valence electrons. The summed E-state index contributed by atoms with van der Waals surface area (Å²) in [6.45, 7) is 1.47. The van der Waals surface area contributed by atoms with Gasteiger partial charge in [-0.2, -0.15) is 0 Å². The molecule has 0 radical (unpaired) electrons. The number of hydrogen-bond acceptors (Lipinski definition) is 4. The van der Waals surface area contributed by atoms with Crippen LogP contribution in [0.5, 0.6) is 0 Å². The van der Waals surface area contributed by atoms with Crippen LogP contribution in [0.4, 0.5) is 0 Å². The van der Waals surface area contributed by atoms with E-state index in [-0.39, 0.29) is 12.4 Å². The summed E-state index contributed by atoms with van der Waals surface area (Å²) in [6, 6.07) is 7.40. The van der Waals surface area contributed by atoms with E-state index in [0.717, 1.165) is 11.8 Å². The molecule has 23 heavy (non-hydrogen) atoms. The highest BCUT2D eigenvalue weighted by Crippen LogP contribution is 2.27. The van der Waals surface area contributed by atoms with Crippen LogP contribution in [-0.4, -0.2) is 45.0 Å². The first-order valence-electron chi connectivity index (χ1n) is 7.28. The van der Waals surface area contributed by atoms with E-state index in [2.05, 4.69) is 10.6 Å². The van der Waals surface area contributed by atoms with Crippen molar-refractivity contribution in [1.82, 2.24) is 10.6 Å². The van der Waals surface area contributed by atoms with Gasteiger partial charge in [0.2, 0.25) is 5.91 Å². The summed E-state index contributed by atoms with van der Waals surface area (Å²) >= 11 is 5.92. The number of nitrogens with one attached hydrogen (secondary N) is 2. The van der Waals surface area contributed by atoms with Gasteiger partial charge in [0.15, 0.2) is 14.6 Å². The molecule has 0 unspecified atom stereocenters. The van der Waals surface area contributed by atoms with Gasteiger partial charge in [0, 0.05) is 17.8 Å². The average Bonchev–Trinajstić information content (AvgIpc) is 2.47. The quantitative estimate of drug-likeness (QED) is 0.812. The van der Waals surface area contributed by atoms with Gasteiger partial charge in [0.05, 0.1) is 0 Å². The van der Waals surface area contributed by atoms with E-state index in [0.29, 0.717) is 43.9 Å². The molecule has 2 N–H and O–H groups in total. The van der Waals surface area contributed by atoms with E-state index >= 15 is 0 Å². The number of halogens is 2. The molecule has 1 aromatic rings. The summed E-state index contributed by atoms with van der Waals surface area (Å²) in [4.78, 5) is 12.5. The molecule has 1 aromatic carbocycles. The number of amides is 1. The SMILES string of the molecule is CS(=O)(=O)C1(C(=O)NCCc2cccc(Cl)c2)CCNCC1.Cl. The predicted molar refractivity (Wildman–Crippen MR) is 95.1 cm³/mol. The lowest BCUT2D eigenvalue weighted by molar-refractivity contribution is -0.124. The van der Waals surface area contributed by atoms with Gasteiger partial charge in [-0.1, -0.05) is 23.7 Å². The molecular weight excluding hydrogens is 359 g/mol. The number of rotatable bonds is 5. The van der Waals surface area contributed by atoms with Crippen molar-refractivity contribution in [2.24, 2.45) is 0 Å². The second-order valence-corrected chi connectivity index (χ2v) is 8.41. The standard InChI is InChI=1S/C15H21ClN2O3S.ClH/c1-22(20,21)15(6-9-17-10-7-15)14(19)18-8-5-12-3-2-4-13(16)11-12;/h2-4,11,17H,5-10H2,1H3,(H,18,19);1H. The molecule has 0 aliphatic carbocycles. The molecule has 1 aliphatic rings. The maximum Gasteiger partial charge on any atom is 0.241 e. The van der Waals surface area contributed by atoms with Crippen LogP contribution >= 0.6 is 24.0 Å². The molecule has 1 fully saturated rings. The molecule has 0 bridgehead atoms. The third-order valence-electron chi connectivity index (χ3n) is 4.12. The minimum atomic E-state index is -3.46. The van der Waals surface area contributed by atoms with Crippen LogP contribution in [0.25, 0.3) is 0 Å². The van der Waals surface area contributed by atoms with Crippen molar-refractivity contribution in [3.8, 4) is 0 Å². The third-order valence-corrected chi connectivity index (χ3v) is 6.37. The Morgan fingerprint density at radius 2 is 2.00 bits per heavy atom. The largest absolute Gasteiger partial charge is 0.354 e. The Kier molecular flexibility index (Phi) is 7.32. The fourth-order valence-electron chi connectivity index (χ4n) is 2.77. The molecule has 1 heterocycles. The molecule has 0 saturated carbocycles. The van der Waals surface area contributed by atoms with Crippen molar-refractivity contribution >= 4 is 39.8 Å². The van der Waals surface area contributed by atoms with Crippen molar-refractivity contribution < 1.29 is 13.2 Å². The Morgan fingerprint density at radius 1 is 1.35 bits per heavy atom. The van der Waals surface area contributed by atoms with Crippen molar-refractivity contribution in [2.45, 2.75) is 24.0 Å². The lowest BCUT2D eigenvalue weighted by atomic mass is 9.95. The minimum absolute atomic E-state index is 0. The molecule has 0 aromatic heterocycles. The summed E-state index contributed by atoms with van der Waals surface area (Å²) in [6.07, 6.45) is 2.39. The van der Waals surface area contributed by atoms with Crippen molar-refractivity contribution in [1.29, 1.82) is 0 Å². The molecule has 0 spiro atoms. The first-order valence-corrected chi connectivity index (χ1v) is 9.55. The van der Waals surface area contributed by atoms with Crippen molar-refractivity contribution in [3.05, 3.63) is 34.9 Å². The summed E-state index contributed by atoms with van der Waals surface area (Å²) in [7, 11) is -3.46. The van der Waals surface area contributed by atoms with Crippen LogP contribution in [0.3, 0.4) is 0 Å². The van der Waals surface area contributed by atoms with E-state index in [1.807, 2.05) is 18.2 Å². The number of piperidine rings is 1. The van der Waals surface area contributed by atoms with E-state index in [1.54, 1.807) is 6.07 Å². The molecule has 2 rings (SSSR count). The Hall–Kier alpha value is -0.820. The lowest BCUT2D eigenvalue weighted by Crippen LogP contribution is -2.57. The van der Waals surface area contributed by atoms with Gasteiger partial charge in [-0.15, -0.1) is 12.4 Å². The Morgan fingerprint density at radius 3 is 2.57 bits per heavy atom. The number of benzene rings is 1. The van der Waals surface area contributed by atoms with Gasteiger partial charge in [-0.25, -0.2) is 8.42 Å². The summed E-state index contributed by atoms with van der Waals surface area (Å²) < 4.78 is 22.9. The molecule has 1 saturated heterocycles. The van der Waals surface area contributed by atoms with Gasteiger partial charge in [-0.05, 0) is 50.0 Å². The Balaban J connectivity index is 0.00000264. The highest BCUT2D eigenvalue weighted by Gasteiger charge is 2.48. The number of carbonyl (C=O) groups is 1. The third kappa shape index (κ3) is 4.83. The van der Waals surface area contributed by atoms with Gasteiger partial charge in [-0.3, -0.25) is 4.79 Å².